The van der Waals surface area contributed by atoms with E-state index in [0.29, 0.717) is 6.61 Å². The van der Waals surface area contributed by atoms with Crippen LogP contribution >= 0.6 is 15.9 Å². The third-order valence-corrected chi connectivity index (χ3v) is 3.58. The molecule has 0 spiro atoms. The number of rotatable bonds is 3. The van der Waals surface area contributed by atoms with E-state index in [4.69, 9.17) is 4.74 Å². The Kier molecular flexibility index (Phi) is 3.57. The Morgan fingerprint density at radius 2 is 1.82 bits per heavy atom. The number of ether oxygens (including phenoxy) is 1. The van der Waals surface area contributed by atoms with Crippen LogP contribution in [0.4, 0.5) is 0 Å². The van der Waals surface area contributed by atoms with Gasteiger partial charge in [0.25, 0.3) is 0 Å². The van der Waals surface area contributed by atoms with Crippen molar-refractivity contribution in [3.8, 4) is 11.4 Å². The van der Waals surface area contributed by atoms with Crippen molar-refractivity contribution in [3.05, 3.63) is 46.2 Å². The molecule has 90 valence electrons. The van der Waals surface area contributed by atoms with E-state index in [-0.39, 0.29) is 0 Å². The van der Waals surface area contributed by atoms with Crippen LogP contribution in [0.5, 0.6) is 5.75 Å². The number of hydrogen-bond acceptors (Lipinski definition) is 1. The fraction of sp³-hybridized carbons (Fsp3) is 0.286. The zero-order valence-electron chi connectivity index (χ0n) is 10.3. The molecule has 0 aliphatic rings. The lowest BCUT2D eigenvalue weighted by Crippen LogP contribution is -1.99. The number of benzene rings is 1. The highest BCUT2D eigenvalue weighted by Gasteiger charge is 2.08. The molecule has 0 amide bonds. The van der Waals surface area contributed by atoms with Crippen molar-refractivity contribution in [2.75, 3.05) is 6.61 Å². The lowest BCUT2D eigenvalue weighted by molar-refractivity contribution is 0.340. The molecule has 1 heterocycles. The first-order valence-corrected chi connectivity index (χ1v) is 6.50. The summed E-state index contributed by atoms with van der Waals surface area (Å²) < 4.78 is 8.81. The third-order valence-electron chi connectivity index (χ3n) is 2.78. The Hall–Kier alpha value is -1.22. The molecule has 0 aliphatic heterocycles. The Morgan fingerprint density at radius 3 is 2.29 bits per heavy atom. The van der Waals surface area contributed by atoms with Gasteiger partial charge >= 0.3 is 0 Å². The van der Waals surface area contributed by atoms with Crippen molar-refractivity contribution in [2.24, 2.45) is 0 Å². The SMILES string of the molecule is CCOc1ccc(-n2c(C)cc(Br)c2C)cc1. The van der Waals surface area contributed by atoms with Crippen LogP contribution in [0.3, 0.4) is 0 Å². The van der Waals surface area contributed by atoms with Crippen LogP contribution in [0.1, 0.15) is 18.3 Å². The van der Waals surface area contributed by atoms with Gasteiger partial charge in [-0.1, -0.05) is 0 Å². The summed E-state index contributed by atoms with van der Waals surface area (Å²) in [5.41, 5.74) is 3.60. The summed E-state index contributed by atoms with van der Waals surface area (Å²) in [5.74, 6) is 0.915. The summed E-state index contributed by atoms with van der Waals surface area (Å²) in [5, 5.41) is 0. The number of aromatic nitrogens is 1. The van der Waals surface area contributed by atoms with E-state index in [9.17, 15) is 0 Å². The third kappa shape index (κ3) is 2.39. The van der Waals surface area contributed by atoms with E-state index in [1.807, 2.05) is 19.1 Å². The van der Waals surface area contributed by atoms with E-state index in [1.165, 1.54) is 11.4 Å². The van der Waals surface area contributed by atoms with Gasteiger partial charge in [-0.15, -0.1) is 0 Å². The fourth-order valence-corrected chi connectivity index (χ4v) is 2.49. The van der Waals surface area contributed by atoms with Crippen LogP contribution < -0.4 is 4.74 Å². The molecule has 2 aromatic rings. The number of aryl methyl sites for hydroxylation is 1. The second kappa shape index (κ2) is 4.96. The molecule has 0 unspecified atom stereocenters. The second-order valence-corrected chi connectivity index (χ2v) is 4.84. The Balaban J connectivity index is 2.39. The van der Waals surface area contributed by atoms with Gasteiger partial charge in [-0.25, -0.2) is 0 Å². The van der Waals surface area contributed by atoms with Crippen LogP contribution in [0, 0.1) is 13.8 Å². The average Bonchev–Trinajstić information content (AvgIpc) is 2.55. The Morgan fingerprint density at radius 1 is 1.18 bits per heavy atom. The van der Waals surface area contributed by atoms with Crippen molar-refractivity contribution in [2.45, 2.75) is 20.8 Å². The molecular formula is C14H16BrNO. The molecular weight excluding hydrogens is 278 g/mol. The lowest BCUT2D eigenvalue weighted by Gasteiger charge is -2.10. The molecule has 17 heavy (non-hydrogen) atoms. The molecule has 3 heteroatoms. The molecule has 0 N–H and O–H groups in total. The van der Waals surface area contributed by atoms with Crippen LogP contribution in [0.15, 0.2) is 34.8 Å². The molecule has 0 saturated carbocycles. The standard InChI is InChI=1S/C14H16BrNO/c1-4-17-13-7-5-12(6-8-13)16-10(2)9-14(15)11(16)3/h5-9H,4H2,1-3H3. The molecule has 0 atom stereocenters. The van der Waals surface area contributed by atoms with Gasteiger partial charge in [-0.05, 0) is 67.0 Å². The quantitative estimate of drug-likeness (QED) is 0.825. The van der Waals surface area contributed by atoms with Crippen LogP contribution in [-0.2, 0) is 0 Å². The minimum atomic E-state index is 0.701. The number of hydrogen-bond donors (Lipinski definition) is 0. The summed E-state index contributed by atoms with van der Waals surface area (Å²) in [4.78, 5) is 0. The van der Waals surface area contributed by atoms with Gasteiger partial charge < -0.3 is 9.30 Å². The largest absolute Gasteiger partial charge is 0.494 e. The summed E-state index contributed by atoms with van der Waals surface area (Å²) >= 11 is 3.56. The molecule has 2 nitrogen and oxygen atoms in total. The topological polar surface area (TPSA) is 14.2 Å². The maximum atomic E-state index is 5.44. The summed E-state index contributed by atoms with van der Waals surface area (Å²) in [6.07, 6.45) is 0. The van der Waals surface area contributed by atoms with Crippen molar-refractivity contribution in [1.29, 1.82) is 0 Å². The molecule has 0 saturated heterocycles. The van der Waals surface area contributed by atoms with Crippen molar-refractivity contribution in [3.63, 3.8) is 0 Å². The summed E-state index contributed by atoms with van der Waals surface area (Å²) in [6, 6.07) is 10.3. The normalized spacial score (nSPS) is 10.6. The second-order valence-electron chi connectivity index (χ2n) is 3.98. The highest BCUT2D eigenvalue weighted by Crippen LogP contribution is 2.25. The van der Waals surface area contributed by atoms with Gasteiger partial charge in [0.15, 0.2) is 0 Å². The van der Waals surface area contributed by atoms with Gasteiger partial charge in [0.05, 0.1) is 6.61 Å². The zero-order valence-corrected chi connectivity index (χ0v) is 11.9. The molecule has 0 fully saturated rings. The molecule has 2 rings (SSSR count). The fourth-order valence-electron chi connectivity index (χ4n) is 1.98. The van der Waals surface area contributed by atoms with Gasteiger partial charge in [0.2, 0.25) is 0 Å². The van der Waals surface area contributed by atoms with Crippen LogP contribution in [-0.4, -0.2) is 11.2 Å². The molecule has 0 radical (unpaired) electrons. The predicted molar refractivity (Wildman–Crippen MR) is 74.1 cm³/mol. The first-order chi connectivity index (χ1) is 8.13. The van der Waals surface area contributed by atoms with E-state index < -0.39 is 0 Å². The number of nitrogens with zero attached hydrogens (tertiary/aromatic N) is 1. The Bertz CT molecular complexity index is 514. The minimum Gasteiger partial charge on any atom is -0.494 e. The van der Waals surface area contributed by atoms with Crippen molar-refractivity contribution >= 4 is 15.9 Å². The maximum Gasteiger partial charge on any atom is 0.119 e. The zero-order chi connectivity index (χ0) is 12.4. The smallest absolute Gasteiger partial charge is 0.119 e. The summed E-state index contributed by atoms with van der Waals surface area (Å²) in [6.45, 7) is 6.90. The first-order valence-electron chi connectivity index (χ1n) is 5.71. The Labute approximate surface area is 110 Å². The van der Waals surface area contributed by atoms with Crippen LogP contribution in [0.25, 0.3) is 5.69 Å². The van der Waals surface area contributed by atoms with Gasteiger partial charge in [0, 0.05) is 21.5 Å². The highest BCUT2D eigenvalue weighted by atomic mass is 79.9. The van der Waals surface area contributed by atoms with Crippen molar-refractivity contribution in [1.82, 2.24) is 4.57 Å². The van der Waals surface area contributed by atoms with E-state index in [0.717, 1.165) is 15.9 Å². The minimum absolute atomic E-state index is 0.701. The maximum absolute atomic E-state index is 5.44. The van der Waals surface area contributed by atoms with Gasteiger partial charge in [-0.3, -0.25) is 0 Å². The van der Waals surface area contributed by atoms with Gasteiger partial charge in [0.1, 0.15) is 5.75 Å². The summed E-state index contributed by atoms with van der Waals surface area (Å²) in [7, 11) is 0. The highest BCUT2D eigenvalue weighted by molar-refractivity contribution is 9.10. The molecule has 0 aliphatic carbocycles. The molecule has 1 aromatic heterocycles. The van der Waals surface area contributed by atoms with Crippen LogP contribution in [0.2, 0.25) is 0 Å². The van der Waals surface area contributed by atoms with Gasteiger partial charge in [-0.2, -0.15) is 0 Å². The van der Waals surface area contributed by atoms with E-state index in [2.05, 4.69) is 52.5 Å². The van der Waals surface area contributed by atoms with Crippen molar-refractivity contribution < 1.29 is 4.74 Å². The molecule has 1 aromatic carbocycles. The molecule has 0 bridgehead atoms. The monoisotopic (exact) mass is 293 g/mol. The first kappa shape index (κ1) is 12.2. The predicted octanol–water partition coefficient (Wildman–Crippen LogP) is 4.26. The number of halogens is 1. The van der Waals surface area contributed by atoms with E-state index >= 15 is 0 Å². The van der Waals surface area contributed by atoms with E-state index in [1.54, 1.807) is 0 Å². The average molecular weight is 294 g/mol. The lowest BCUT2D eigenvalue weighted by atomic mass is 10.3.